The van der Waals surface area contributed by atoms with Crippen molar-refractivity contribution in [2.24, 2.45) is 0 Å². The lowest BCUT2D eigenvalue weighted by atomic mass is 10.1. The summed E-state index contributed by atoms with van der Waals surface area (Å²) >= 11 is 0. The van der Waals surface area contributed by atoms with Crippen LogP contribution in [0.4, 0.5) is 0 Å². The average molecular weight is 248 g/mol. The Morgan fingerprint density at radius 2 is 1.67 bits per heavy atom. The molecule has 0 bridgehead atoms. The summed E-state index contributed by atoms with van der Waals surface area (Å²) in [6, 6.07) is 3.41. The molecule has 1 N–H and O–H groups in total. The molecule has 0 atom stereocenters. The summed E-state index contributed by atoms with van der Waals surface area (Å²) in [5, 5.41) is 10.5. The summed E-state index contributed by atoms with van der Waals surface area (Å²) in [5.41, 5.74) is 0.642. The first-order valence-electron chi connectivity index (χ1n) is 5.69. The van der Waals surface area contributed by atoms with Gasteiger partial charge < -0.3 is 14.6 Å². The van der Waals surface area contributed by atoms with E-state index >= 15 is 0 Å². The Hall–Kier alpha value is -2.04. The highest BCUT2D eigenvalue weighted by atomic mass is 16.5. The van der Waals surface area contributed by atoms with Gasteiger partial charge in [0.25, 0.3) is 0 Å². The maximum atomic E-state index is 9.94. The average Bonchev–Trinajstić information content (AvgIpc) is 2.36. The fraction of sp³-hybridized carbons (Fsp3) is 0.385. The van der Waals surface area contributed by atoms with Crippen LogP contribution in [0, 0.1) is 0 Å². The Morgan fingerprint density at radius 1 is 1.06 bits per heavy atom. The van der Waals surface area contributed by atoms with Gasteiger partial charge in [-0.1, -0.05) is 13.8 Å². The number of benzene rings is 1. The molecule has 1 heterocycles. The molecule has 0 aliphatic rings. The fourth-order valence-corrected chi connectivity index (χ4v) is 1.72. The zero-order valence-corrected chi connectivity index (χ0v) is 10.9. The maximum absolute atomic E-state index is 9.94. The summed E-state index contributed by atoms with van der Waals surface area (Å²) in [5.74, 6) is 1.84. The molecule has 5 heteroatoms. The smallest absolute Gasteiger partial charge is 0.222 e. The maximum Gasteiger partial charge on any atom is 0.222 e. The van der Waals surface area contributed by atoms with E-state index in [0.717, 1.165) is 0 Å². The van der Waals surface area contributed by atoms with E-state index in [-0.39, 0.29) is 11.8 Å². The predicted molar refractivity (Wildman–Crippen MR) is 68.4 cm³/mol. The first kappa shape index (κ1) is 12.4. The van der Waals surface area contributed by atoms with Crippen molar-refractivity contribution in [1.82, 2.24) is 9.97 Å². The van der Waals surface area contributed by atoms with Gasteiger partial charge in [-0.25, -0.2) is 4.98 Å². The molecule has 18 heavy (non-hydrogen) atoms. The Balaban J connectivity index is 2.72. The SMILES string of the molecule is COc1cc2nc(C(C)C)nc(O)c2cc1OC. The van der Waals surface area contributed by atoms with Crippen molar-refractivity contribution in [3.8, 4) is 17.4 Å². The van der Waals surface area contributed by atoms with Crippen molar-refractivity contribution >= 4 is 10.9 Å². The molecule has 0 fully saturated rings. The zero-order valence-electron chi connectivity index (χ0n) is 10.9. The van der Waals surface area contributed by atoms with Crippen molar-refractivity contribution in [3.05, 3.63) is 18.0 Å². The number of methoxy groups -OCH3 is 2. The van der Waals surface area contributed by atoms with Crippen LogP contribution in [0.3, 0.4) is 0 Å². The lowest BCUT2D eigenvalue weighted by molar-refractivity contribution is 0.355. The van der Waals surface area contributed by atoms with Crippen LogP contribution in [-0.4, -0.2) is 29.3 Å². The molecule has 0 saturated heterocycles. The van der Waals surface area contributed by atoms with Gasteiger partial charge in [-0.3, -0.25) is 0 Å². The van der Waals surface area contributed by atoms with E-state index in [2.05, 4.69) is 9.97 Å². The molecule has 0 aliphatic heterocycles. The van der Waals surface area contributed by atoms with Gasteiger partial charge in [-0.2, -0.15) is 4.98 Å². The number of aromatic hydroxyl groups is 1. The van der Waals surface area contributed by atoms with Gasteiger partial charge in [0.2, 0.25) is 5.88 Å². The Kier molecular flexibility index (Phi) is 3.23. The van der Waals surface area contributed by atoms with E-state index in [1.54, 1.807) is 26.4 Å². The number of nitrogens with zero attached hydrogens (tertiary/aromatic N) is 2. The summed E-state index contributed by atoms with van der Waals surface area (Å²) in [6.07, 6.45) is 0. The van der Waals surface area contributed by atoms with Crippen LogP contribution in [0.15, 0.2) is 12.1 Å². The van der Waals surface area contributed by atoms with Crippen molar-refractivity contribution in [3.63, 3.8) is 0 Å². The molecule has 1 aromatic carbocycles. The van der Waals surface area contributed by atoms with Crippen LogP contribution in [-0.2, 0) is 0 Å². The van der Waals surface area contributed by atoms with E-state index in [1.165, 1.54) is 0 Å². The monoisotopic (exact) mass is 248 g/mol. The summed E-state index contributed by atoms with van der Waals surface area (Å²) in [7, 11) is 3.11. The lowest BCUT2D eigenvalue weighted by Gasteiger charge is -2.11. The van der Waals surface area contributed by atoms with Crippen LogP contribution >= 0.6 is 0 Å². The van der Waals surface area contributed by atoms with Gasteiger partial charge in [0.1, 0.15) is 5.82 Å². The van der Waals surface area contributed by atoms with Gasteiger partial charge >= 0.3 is 0 Å². The normalized spacial score (nSPS) is 10.9. The van der Waals surface area contributed by atoms with Crippen LogP contribution in [0.25, 0.3) is 10.9 Å². The number of ether oxygens (including phenoxy) is 2. The van der Waals surface area contributed by atoms with Gasteiger partial charge in [-0.15, -0.1) is 0 Å². The highest BCUT2D eigenvalue weighted by Gasteiger charge is 2.13. The van der Waals surface area contributed by atoms with Crippen molar-refractivity contribution in [2.75, 3.05) is 14.2 Å². The molecule has 0 radical (unpaired) electrons. The predicted octanol–water partition coefficient (Wildman–Crippen LogP) is 2.48. The van der Waals surface area contributed by atoms with Gasteiger partial charge in [-0.05, 0) is 6.07 Å². The molecule has 2 aromatic rings. The summed E-state index contributed by atoms with van der Waals surface area (Å²) in [6.45, 7) is 3.95. The zero-order chi connectivity index (χ0) is 13.3. The minimum atomic E-state index is -0.0374. The van der Waals surface area contributed by atoms with Crippen LogP contribution < -0.4 is 9.47 Å². The van der Waals surface area contributed by atoms with Crippen molar-refractivity contribution in [2.45, 2.75) is 19.8 Å². The van der Waals surface area contributed by atoms with Crippen LogP contribution in [0.1, 0.15) is 25.6 Å². The van der Waals surface area contributed by atoms with Crippen LogP contribution in [0.2, 0.25) is 0 Å². The second-order valence-electron chi connectivity index (χ2n) is 4.28. The van der Waals surface area contributed by atoms with Gasteiger partial charge in [0, 0.05) is 12.0 Å². The number of fused-ring (bicyclic) bond motifs is 1. The molecular weight excluding hydrogens is 232 g/mol. The number of aromatic nitrogens is 2. The third-order valence-electron chi connectivity index (χ3n) is 2.71. The largest absolute Gasteiger partial charge is 0.493 e. The minimum Gasteiger partial charge on any atom is -0.493 e. The first-order chi connectivity index (χ1) is 8.56. The fourth-order valence-electron chi connectivity index (χ4n) is 1.72. The number of hydrogen-bond acceptors (Lipinski definition) is 5. The van der Waals surface area contributed by atoms with E-state index in [9.17, 15) is 5.11 Å². The minimum absolute atomic E-state index is 0.0374. The topological polar surface area (TPSA) is 64.5 Å². The van der Waals surface area contributed by atoms with Crippen molar-refractivity contribution in [1.29, 1.82) is 0 Å². The number of rotatable bonds is 3. The molecule has 0 unspecified atom stereocenters. The Morgan fingerprint density at radius 3 is 2.22 bits per heavy atom. The van der Waals surface area contributed by atoms with Gasteiger partial charge in [0.05, 0.1) is 25.1 Å². The molecule has 2 rings (SSSR count). The summed E-state index contributed by atoms with van der Waals surface area (Å²) in [4.78, 5) is 8.49. The molecule has 0 aliphatic carbocycles. The van der Waals surface area contributed by atoms with Crippen molar-refractivity contribution < 1.29 is 14.6 Å². The second-order valence-corrected chi connectivity index (χ2v) is 4.28. The highest BCUT2D eigenvalue weighted by molar-refractivity contribution is 5.86. The third-order valence-corrected chi connectivity index (χ3v) is 2.71. The van der Waals surface area contributed by atoms with Gasteiger partial charge in [0.15, 0.2) is 11.5 Å². The second kappa shape index (κ2) is 4.68. The van der Waals surface area contributed by atoms with Crippen LogP contribution in [0.5, 0.6) is 17.4 Å². The van der Waals surface area contributed by atoms with E-state index in [1.807, 2.05) is 13.8 Å². The molecule has 1 aromatic heterocycles. The van der Waals surface area contributed by atoms with E-state index in [4.69, 9.17) is 9.47 Å². The van der Waals surface area contributed by atoms with E-state index < -0.39 is 0 Å². The first-order valence-corrected chi connectivity index (χ1v) is 5.69. The van der Waals surface area contributed by atoms with E-state index in [0.29, 0.717) is 28.2 Å². The lowest BCUT2D eigenvalue weighted by Crippen LogP contribution is -1.99. The standard InChI is InChI=1S/C13H16N2O3/c1-7(2)12-14-9-6-11(18-4)10(17-3)5-8(9)13(16)15-12/h5-7H,1-4H3,(H,14,15,16). The molecule has 0 saturated carbocycles. The highest BCUT2D eigenvalue weighted by Crippen LogP contribution is 2.34. The Bertz CT molecular complexity index is 582. The quantitative estimate of drug-likeness (QED) is 0.904. The molecule has 5 nitrogen and oxygen atoms in total. The molecule has 96 valence electrons. The molecule has 0 amide bonds. The Labute approximate surface area is 105 Å². The third kappa shape index (κ3) is 2.03. The molecule has 0 spiro atoms. The number of hydrogen-bond donors (Lipinski definition) is 1. The molecular formula is C13H16N2O3. The summed E-state index contributed by atoms with van der Waals surface area (Å²) < 4.78 is 10.4.